The van der Waals surface area contributed by atoms with Gasteiger partial charge in [0.2, 0.25) is 5.82 Å². The molecule has 8 heteroatoms. The molecule has 1 aromatic rings. The van der Waals surface area contributed by atoms with E-state index in [-0.39, 0.29) is 16.5 Å². The Morgan fingerprint density at radius 2 is 2.39 bits per heavy atom. The van der Waals surface area contributed by atoms with Crippen molar-refractivity contribution in [3.63, 3.8) is 0 Å². The Balaban J connectivity index is 3.01. The van der Waals surface area contributed by atoms with Crippen molar-refractivity contribution >= 4 is 29.1 Å². The number of carbonyl (C=O) groups is 1. The van der Waals surface area contributed by atoms with Crippen LogP contribution in [-0.4, -0.2) is 27.0 Å². The normalized spacial score (nSPS) is 11.9. The molecule has 1 rings (SSSR count). The molecule has 0 aliphatic heterocycles. The molecule has 0 amide bonds. The number of aliphatic carboxylic acids is 1. The van der Waals surface area contributed by atoms with Crippen molar-refractivity contribution in [2.24, 2.45) is 0 Å². The Kier molecular flexibility index (Phi) is 4.85. The molecule has 0 aliphatic rings. The molecule has 98 valence electrons. The van der Waals surface area contributed by atoms with Crippen LogP contribution < -0.4 is 5.32 Å². The summed E-state index contributed by atoms with van der Waals surface area (Å²) in [4.78, 5) is 24.9. The van der Waals surface area contributed by atoms with Gasteiger partial charge in [0, 0.05) is 12.3 Å². The molecule has 0 saturated carbocycles. The van der Waals surface area contributed by atoms with Crippen LogP contribution in [-0.2, 0) is 4.79 Å². The van der Waals surface area contributed by atoms with Gasteiger partial charge in [-0.1, -0.05) is 24.9 Å². The van der Waals surface area contributed by atoms with Crippen molar-refractivity contribution in [2.75, 3.05) is 5.32 Å². The predicted molar refractivity (Wildman–Crippen MR) is 65.9 cm³/mol. The molecule has 0 fully saturated rings. The molecule has 2 N–H and O–H groups in total. The van der Waals surface area contributed by atoms with Crippen LogP contribution in [0.3, 0.4) is 0 Å². The molecular formula is C10H12ClN3O4. The van der Waals surface area contributed by atoms with Gasteiger partial charge in [-0.15, -0.1) is 0 Å². The average Bonchev–Trinajstić information content (AvgIpc) is 2.30. The zero-order valence-electron chi connectivity index (χ0n) is 9.59. The van der Waals surface area contributed by atoms with Crippen LogP contribution in [0.2, 0.25) is 5.02 Å². The van der Waals surface area contributed by atoms with Gasteiger partial charge in [0.05, 0.1) is 9.95 Å². The maximum Gasteiger partial charge on any atom is 0.326 e. The summed E-state index contributed by atoms with van der Waals surface area (Å²) in [6.45, 7) is 1.82. The summed E-state index contributed by atoms with van der Waals surface area (Å²) in [6, 6.07) is 0.212. The zero-order chi connectivity index (χ0) is 13.7. The van der Waals surface area contributed by atoms with Gasteiger partial charge in [-0.2, -0.15) is 0 Å². The highest BCUT2D eigenvalue weighted by Crippen LogP contribution is 2.26. The predicted octanol–water partition coefficient (Wildman–Crippen LogP) is 2.31. The van der Waals surface area contributed by atoms with Crippen molar-refractivity contribution in [2.45, 2.75) is 25.8 Å². The molecule has 0 saturated heterocycles. The van der Waals surface area contributed by atoms with Crippen LogP contribution in [0.15, 0.2) is 12.3 Å². The fourth-order valence-electron chi connectivity index (χ4n) is 1.39. The lowest BCUT2D eigenvalue weighted by atomic mass is 10.1. The first kappa shape index (κ1) is 14.2. The number of hydrogen-bond acceptors (Lipinski definition) is 5. The smallest absolute Gasteiger partial charge is 0.326 e. The standard InChI is InChI=1S/C10H12ClN3O4/c1-2-3-7(10(15)16)13-9-8(14(17)18)4-6(11)5-12-9/h4-5,7H,2-3H2,1H3,(H,12,13)(H,15,16). The van der Waals surface area contributed by atoms with Crippen molar-refractivity contribution < 1.29 is 14.8 Å². The third-order valence-electron chi connectivity index (χ3n) is 2.22. The minimum absolute atomic E-state index is 0.0924. The van der Waals surface area contributed by atoms with Gasteiger partial charge in [0.25, 0.3) is 0 Å². The fourth-order valence-corrected chi connectivity index (χ4v) is 1.54. The molecule has 0 radical (unpaired) electrons. The van der Waals surface area contributed by atoms with Crippen LogP contribution in [0.25, 0.3) is 0 Å². The molecule has 0 aliphatic carbocycles. The van der Waals surface area contributed by atoms with Gasteiger partial charge in [-0.25, -0.2) is 9.78 Å². The minimum atomic E-state index is -1.08. The SMILES string of the molecule is CCCC(Nc1ncc(Cl)cc1[N+](=O)[O-])C(=O)O. The lowest BCUT2D eigenvalue weighted by Crippen LogP contribution is -2.29. The summed E-state index contributed by atoms with van der Waals surface area (Å²) in [5.41, 5.74) is -0.343. The highest BCUT2D eigenvalue weighted by Gasteiger charge is 2.22. The van der Waals surface area contributed by atoms with Crippen LogP contribution in [0.1, 0.15) is 19.8 Å². The topological polar surface area (TPSA) is 105 Å². The summed E-state index contributed by atoms with van der Waals surface area (Å²) in [5.74, 6) is -1.17. The van der Waals surface area contributed by atoms with Crippen molar-refractivity contribution in [3.8, 4) is 0 Å². The summed E-state index contributed by atoms with van der Waals surface area (Å²) >= 11 is 5.61. The van der Waals surface area contributed by atoms with E-state index in [0.717, 1.165) is 6.07 Å². The Labute approximate surface area is 108 Å². The van der Waals surface area contributed by atoms with E-state index in [1.54, 1.807) is 0 Å². The first-order chi connectivity index (χ1) is 8.45. The molecule has 0 aromatic carbocycles. The molecule has 1 unspecified atom stereocenters. The monoisotopic (exact) mass is 273 g/mol. The first-order valence-electron chi connectivity index (χ1n) is 5.25. The Morgan fingerprint density at radius 3 is 2.89 bits per heavy atom. The maximum atomic E-state index is 11.0. The van der Waals surface area contributed by atoms with Crippen LogP contribution in [0.5, 0.6) is 0 Å². The fraction of sp³-hybridized carbons (Fsp3) is 0.400. The number of carboxylic acid groups (broad SMARTS) is 1. The summed E-state index contributed by atoms with van der Waals surface area (Å²) in [7, 11) is 0. The van der Waals surface area contributed by atoms with Crippen LogP contribution in [0, 0.1) is 10.1 Å². The molecule has 1 aromatic heterocycles. The van der Waals surface area contributed by atoms with Crippen molar-refractivity contribution in [1.82, 2.24) is 4.98 Å². The van der Waals surface area contributed by atoms with Gasteiger partial charge in [0.1, 0.15) is 6.04 Å². The number of nitro groups is 1. The number of aromatic nitrogens is 1. The molecular weight excluding hydrogens is 262 g/mol. The number of anilines is 1. The minimum Gasteiger partial charge on any atom is -0.480 e. The number of carboxylic acids is 1. The molecule has 1 heterocycles. The van der Waals surface area contributed by atoms with E-state index in [2.05, 4.69) is 10.3 Å². The third kappa shape index (κ3) is 3.56. The number of nitrogens with zero attached hydrogens (tertiary/aromatic N) is 2. The highest BCUT2D eigenvalue weighted by molar-refractivity contribution is 6.30. The average molecular weight is 274 g/mol. The zero-order valence-corrected chi connectivity index (χ0v) is 10.3. The van der Waals surface area contributed by atoms with E-state index in [1.165, 1.54) is 6.20 Å². The molecule has 7 nitrogen and oxygen atoms in total. The van der Waals surface area contributed by atoms with E-state index in [9.17, 15) is 14.9 Å². The molecule has 0 bridgehead atoms. The van der Waals surface area contributed by atoms with Crippen LogP contribution in [0.4, 0.5) is 11.5 Å². The molecule has 18 heavy (non-hydrogen) atoms. The van der Waals surface area contributed by atoms with Gasteiger partial charge in [-0.05, 0) is 6.42 Å². The van der Waals surface area contributed by atoms with Gasteiger partial charge >= 0.3 is 11.7 Å². The Hall–Kier alpha value is -1.89. The van der Waals surface area contributed by atoms with Gasteiger partial charge in [0.15, 0.2) is 0 Å². The van der Waals surface area contributed by atoms with Crippen molar-refractivity contribution in [1.29, 1.82) is 0 Å². The maximum absolute atomic E-state index is 11.0. The largest absolute Gasteiger partial charge is 0.480 e. The summed E-state index contributed by atoms with van der Waals surface area (Å²) in [6.07, 6.45) is 2.20. The molecule has 1 atom stereocenters. The second-order valence-corrected chi connectivity index (χ2v) is 4.04. The summed E-state index contributed by atoms with van der Waals surface area (Å²) < 4.78 is 0. The third-order valence-corrected chi connectivity index (χ3v) is 2.42. The Morgan fingerprint density at radius 1 is 1.72 bits per heavy atom. The second-order valence-electron chi connectivity index (χ2n) is 3.60. The van der Waals surface area contributed by atoms with E-state index in [4.69, 9.17) is 16.7 Å². The van der Waals surface area contributed by atoms with E-state index < -0.39 is 16.9 Å². The molecule has 0 spiro atoms. The van der Waals surface area contributed by atoms with Gasteiger partial charge < -0.3 is 10.4 Å². The summed E-state index contributed by atoms with van der Waals surface area (Å²) in [5, 5.41) is 22.4. The van der Waals surface area contributed by atoms with Crippen molar-refractivity contribution in [3.05, 3.63) is 27.4 Å². The van der Waals surface area contributed by atoms with E-state index in [0.29, 0.717) is 12.8 Å². The van der Waals surface area contributed by atoms with Gasteiger partial charge in [-0.3, -0.25) is 10.1 Å². The first-order valence-corrected chi connectivity index (χ1v) is 5.62. The number of nitrogens with one attached hydrogen (secondary N) is 1. The number of pyridine rings is 1. The quantitative estimate of drug-likeness (QED) is 0.608. The lowest BCUT2D eigenvalue weighted by molar-refractivity contribution is -0.384. The van der Waals surface area contributed by atoms with Crippen LogP contribution >= 0.6 is 11.6 Å². The number of rotatable bonds is 6. The highest BCUT2D eigenvalue weighted by atomic mass is 35.5. The van der Waals surface area contributed by atoms with E-state index >= 15 is 0 Å². The number of halogens is 1. The lowest BCUT2D eigenvalue weighted by Gasteiger charge is -2.13. The Bertz CT molecular complexity index is 466. The number of hydrogen-bond donors (Lipinski definition) is 2. The van der Waals surface area contributed by atoms with E-state index in [1.807, 2.05) is 6.92 Å². The second kappa shape index (κ2) is 6.15.